The molecule has 98 valence electrons. The van der Waals surface area contributed by atoms with Crippen LogP contribution in [0.3, 0.4) is 0 Å². The second-order valence-electron chi connectivity index (χ2n) is 4.91. The number of ketones is 1. The molecule has 1 aromatic heterocycles. The zero-order chi connectivity index (χ0) is 13.9. The summed E-state index contributed by atoms with van der Waals surface area (Å²) in [6, 6.07) is 19.7. The highest BCUT2D eigenvalue weighted by atomic mass is 16.1. The molecule has 20 heavy (non-hydrogen) atoms. The van der Waals surface area contributed by atoms with Crippen LogP contribution < -0.4 is 4.57 Å². The van der Waals surface area contributed by atoms with Crippen LogP contribution in [0.4, 0.5) is 0 Å². The summed E-state index contributed by atoms with van der Waals surface area (Å²) in [5, 5.41) is 2.39. The molecule has 0 saturated carbocycles. The molecular formula is C18H16NO+. The number of pyridine rings is 1. The van der Waals surface area contributed by atoms with Gasteiger partial charge in [-0.2, -0.15) is 4.57 Å². The van der Waals surface area contributed by atoms with Crippen LogP contribution in [-0.4, -0.2) is 5.78 Å². The molecule has 0 spiro atoms. The van der Waals surface area contributed by atoms with E-state index in [0.29, 0.717) is 6.54 Å². The Hall–Kier alpha value is -2.48. The molecule has 0 amide bonds. The molecule has 0 unspecified atom stereocenters. The number of benzene rings is 2. The fraction of sp³-hybridized carbons (Fsp3) is 0.111. The van der Waals surface area contributed by atoms with E-state index < -0.39 is 0 Å². The molecule has 0 bridgehead atoms. The summed E-state index contributed by atoms with van der Waals surface area (Å²) < 4.78 is 2.01. The molecule has 0 radical (unpaired) electrons. The third-order valence-corrected chi connectivity index (χ3v) is 3.63. The number of carbonyl (C=O) groups excluding carboxylic acids is 1. The van der Waals surface area contributed by atoms with E-state index in [1.807, 2.05) is 53.2 Å². The first-order chi connectivity index (χ1) is 9.75. The lowest BCUT2D eigenvalue weighted by atomic mass is 10.1. The predicted molar refractivity (Wildman–Crippen MR) is 79.7 cm³/mol. The minimum absolute atomic E-state index is 0.133. The number of aryl methyl sites for hydroxylation is 1. The van der Waals surface area contributed by atoms with Gasteiger partial charge in [0.2, 0.25) is 12.3 Å². The predicted octanol–water partition coefficient (Wildman–Crippen LogP) is 3.32. The molecule has 3 rings (SSSR count). The van der Waals surface area contributed by atoms with Crippen LogP contribution in [-0.2, 0) is 6.54 Å². The monoisotopic (exact) mass is 262 g/mol. The fourth-order valence-electron chi connectivity index (χ4n) is 2.45. The van der Waals surface area contributed by atoms with Gasteiger partial charge in [-0.1, -0.05) is 48.5 Å². The second kappa shape index (κ2) is 5.25. The van der Waals surface area contributed by atoms with E-state index in [9.17, 15) is 4.79 Å². The van der Waals surface area contributed by atoms with Gasteiger partial charge in [-0.3, -0.25) is 4.79 Å². The zero-order valence-corrected chi connectivity index (χ0v) is 11.4. The summed E-state index contributed by atoms with van der Waals surface area (Å²) in [7, 11) is 0. The minimum atomic E-state index is 0.133. The molecule has 3 aromatic rings. The Kier molecular flexibility index (Phi) is 3.30. The van der Waals surface area contributed by atoms with E-state index in [0.717, 1.165) is 11.3 Å². The van der Waals surface area contributed by atoms with Gasteiger partial charge in [-0.05, 0) is 11.5 Å². The first-order valence-corrected chi connectivity index (χ1v) is 6.72. The van der Waals surface area contributed by atoms with Gasteiger partial charge in [-0.25, -0.2) is 0 Å². The van der Waals surface area contributed by atoms with Crippen LogP contribution >= 0.6 is 0 Å². The number of nitrogens with zero attached hydrogens (tertiary/aromatic N) is 1. The fourth-order valence-corrected chi connectivity index (χ4v) is 2.45. The van der Waals surface area contributed by atoms with Crippen LogP contribution in [0.15, 0.2) is 66.9 Å². The van der Waals surface area contributed by atoms with E-state index in [1.165, 1.54) is 10.8 Å². The Morgan fingerprint density at radius 3 is 2.45 bits per heavy atom. The van der Waals surface area contributed by atoms with Gasteiger partial charge in [0, 0.05) is 23.9 Å². The Bertz CT molecular complexity index is 763. The molecule has 0 aliphatic heterocycles. The van der Waals surface area contributed by atoms with Crippen molar-refractivity contribution in [2.45, 2.75) is 13.5 Å². The molecule has 2 heteroatoms. The zero-order valence-electron chi connectivity index (χ0n) is 11.4. The van der Waals surface area contributed by atoms with Crippen molar-refractivity contribution >= 4 is 16.6 Å². The van der Waals surface area contributed by atoms with Crippen molar-refractivity contribution in [3.05, 3.63) is 78.1 Å². The summed E-state index contributed by atoms with van der Waals surface area (Å²) in [4.78, 5) is 12.3. The number of aromatic nitrogens is 1. The largest absolute Gasteiger partial charge is 0.287 e. The average molecular weight is 262 g/mol. The van der Waals surface area contributed by atoms with Crippen molar-refractivity contribution in [2.24, 2.45) is 0 Å². The second-order valence-corrected chi connectivity index (χ2v) is 4.91. The lowest BCUT2D eigenvalue weighted by molar-refractivity contribution is -0.687. The maximum absolute atomic E-state index is 12.3. The van der Waals surface area contributed by atoms with E-state index in [4.69, 9.17) is 0 Å². The number of hydrogen-bond acceptors (Lipinski definition) is 1. The van der Waals surface area contributed by atoms with Crippen molar-refractivity contribution in [1.29, 1.82) is 0 Å². The van der Waals surface area contributed by atoms with E-state index in [-0.39, 0.29) is 5.78 Å². The van der Waals surface area contributed by atoms with Gasteiger partial charge in [-0.15, -0.1) is 0 Å². The van der Waals surface area contributed by atoms with Gasteiger partial charge in [0.25, 0.3) is 0 Å². The summed E-state index contributed by atoms with van der Waals surface area (Å²) in [6.07, 6.45) is 1.98. The van der Waals surface area contributed by atoms with Gasteiger partial charge < -0.3 is 0 Å². The van der Waals surface area contributed by atoms with Crippen LogP contribution in [0.1, 0.15) is 16.1 Å². The molecule has 2 nitrogen and oxygen atoms in total. The molecule has 0 N–H and O–H groups in total. The summed E-state index contributed by atoms with van der Waals surface area (Å²) in [5.74, 6) is 0.133. The normalized spacial score (nSPS) is 10.7. The lowest BCUT2D eigenvalue weighted by Crippen LogP contribution is -2.40. The number of fused-ring (bicyclic) bond motifs is 1. The quantitative estimate of drug-likeness (QED) is 0.524. The van der Waals surface area contributed by atoms with Gasteiger partial charge in [0.15, 0.2) is 11.9 Å². The van der Waals surface area contributed by atoms with Crippen molar-refractivity contribution < 1.29 is 9.36 Å². The van der Waals surface area contributed by atoms with Gasteiger partial charge >= 0.3 is 0 Å². The first-order valence-electron chi connectivity index (χ1n) is 6.72. The highest BCUT2D eigenvalue weighted by Gasteiger charge is 2.15. The smallest absolute Gasteiger partial charge is 0.227 e. The minimum Gasteiger partial charge on any atom is -0.287 e. The number of rotatable bonds is 3. The maximum atomic E-state index is 12.3. The molecule has 2 aromatic carbocycles. The van der Waals surface area contributed by atoms with Crippen LogP contribution in [0, 0.1) is 6.92 Å². The molecule has 1 heterocycles. The summed E-state index contributed by atoms with van der Waals surface area (Å²) >= 11 is 0. The first kappa shape index (κ1) is 12.5. The molecular weight excluding hydrogens is 246 g/mol. The molecule has 0 aliphatic carbocycles. The summed E-state index contributed by atoms with van der Waals surface area (Å²) in [5.41, 5.74) is 1.87. The van der Waals surface area contributed by atoms with E-state index in [1.54, 1.807) is 0 Å². The molecule has 0 saturated heterocycles. The van der Waals surface area contributed by atoms with Crippen LogP contribution in [0.25, 0.3) is 10.8 Å². The van der Waals surface area contributed by atoms with Gasteiger partial charge in [0.05, 0.1) is 0 Å². The Balaban J connectivity index is 1.95. The van der Waals surface area contributed by atoms with Crippen LogP contribution in [0.2, 0.25) is 0 Å². The highest BCUT2D eigenvalue weighted by molar-refractivity contribution is 5.95. The van der Waals surface area contributed by atoms with Crippen molar-refractivity contribution in [2.75, 3.05) is 0 Å². The number of carbonyl (C=O) groups is 1. The molecule has 0 aliphatic rings. The van der Waals surface area contributed by atoms with Crippen molar-refractivity contribution in [3.63, 3.8) is 0 Å². The summed E-state index contributed by atoms with van der Waals surface area (Å²) in [6.45, 7) is 2.43. The van der Waals surface area contributed by atoms with Gasteiger partial charge in [0.1, 0.15) is 0 Å². The average Bonchev–Trinajstić information content (AvgIpc) is 2.51. The molecule has 0 atom stereocenters. The maximum Gasteiger partial charge on any atom is 0.227 e. The SMILES string of the molecule is Cc1c2ccccc2cc[n+]1CC(=O)c1ccccc1. The Labute approximate surface area is 118 Å². The Morgan fingerprint density at radius 2 is 1.65 bits per heavy atom. The topological polar surface area (TPSA) is 20.9 Å². The lowest BCUT2D eigenvalue weighted by Gasteiger charge is -2.04. The standard InChI is InChI=1S/C18H16NO/c1-14-17-10-6-5-7-15(17)11-12-19(14)13-18(20)16-8-3-2-4-9-16/h2-12H,13H2,1H3/q+1. The van der Waals surface area contributed by atoms with Crippen molar-refractivity contribution in [1.82, 2.24) is 0 Å². The molecule has 0 fully saturated rings. The third-order valence-electron chi connectivity index (χ3n) is 3.63. The third kappa shape index (κ3) is 2.32. The van der Waals surface area contributed by atoms with Crippen LogP contribution in [0.5, 0.6) is 0 Å². The van der Waals surface area contributed by atoms with E-state index >= 15 is 0 Å². The van der Waals surface area contributed by atoms with Crippen molar-refractivity contribution in [3.8, 4) is 0 Å². The van der Waals surface area contributed by atoms with E-state index in [2.05, 4.69) is 25.1 Å². The number of Topliss-reactive ketones (excluding diaryl/α,β-unsaturated/α-hetero) is 1. The highest BCUT2D eigenvalue weighted by Crippen LogP contribution is 2.14. The number of hydrogen-bond donors (Lipinski definition) is 0. The Morgan fingerprint density at radius 1 is 0.950 bits per heavy atom.